The van der Waals surface area contributed by atoms with Gasteiger partial charge in [-0.1, -0.05) is 13.0 Å². The van der Waals surface area contributed by atoms with E-state index in [-0.39, 0.29) is 5.69 Å². The zero-order chi connectivity index (χ0) is 16.3. The van der Waals surface area contributed by atoms with Gasteiger partial charge in [0.05, 0.1) is 12.1 Å². The minimum atomic E-state index is -1.37. The van der Waals surface area contributed by atoms with Crippen molar-refractivity contribution in [3.8, 4) is 0 Å². The third-order valence-corrected chi connectivity index (χ3v) is 3.16. The number of nitrogens with zero attached hydrogens (tertiary/aromatic N) is 2. The molecule has 0 fully saturated rings. The van der Waals surface area contributed by atoms with Gasteiger partial charge < -0.3 is 16.2 Å². The van der Waals surface area contributed by atoms with Crippen molar-refractivity contribution in [1.82, 2.24) is 14.7 Å². The van der Waals surface area contributed by atoms with Crippen LogP contribution in [0.15, 0.2) is 24.4 Å². The van der Waals surface area contributed by atoms with Crippen LogP contribution >= 0.6 is 0 Å². The molecule has 8 heteroatoms. The number of primary amides is 1. The van der Waals surface area contributed by atoms with Gasteiger partial charge in [-0.25, -0.2) is 9.78 Å². The van der Waals surface area contributed by atoms with E-state index in [4.69, 9.17) is 10.8 Å². The second-order valence-electron chi connectivity index (χ2n) is 4.72. The highest BCUT2D eigenvalue weighted by molar-refractivity contribution is 5.98. The number of nitrogens with two attached hydrogens (primary N) is 1. The van der Waals surface area contributed by atoms with Crippen molar-refractivity contribution in [3.05, 3.63) is 35.8 Å². The van der Waals surface area contributed by atoms with Crippen molar-refractivity contribution >= 4 is 23.4 Å². The summed E-state index contributed by atoms with van der Waals surface area (Å²) in [5.74, 6) is -2.73. The Morgan fingerprint density at radius 2 is 2.14 bits per heavy atom. The van der Waals surface area contributed by atoms with Crippen LogP contribution in [0.3, 0.4) is 0 Å². The summed E-state index contributed by atoms with van der Waals surface area (Å²) in [6.45, 7) is 1.84. The van der Waals surface area contributed by atoms with Crippen molar-refractivity contribution in [2.75, 3.05) is 0 Å². The summed E-state index contributed by atoms with van der Waals surface area (Å²) in [6.07, 6.45) is 1.71. The topological polar surface area (TPSA) is 127 Å². The number of imidazole rings is 1. The van der Waals surface area contributed by atoms with Crippen LogP contribution in [0.1, 0.15) is 29.5 Å². The normalized spacial score (nSPS) is 12.0. The molecule has 0 bridgehead atoms. The highest BCUT2D eigenvalue weighted by Crippen LogP contribution is 2.13. The number of aliphatic carboxylic acids is 1. The lowest BCUT2D eigenvalue weighted by Crippen LogP contribution is -2.43. The molecule has 1 unspecified atom stereocenters. The van der Waals surface area contributed by atoms with Gasteiger partial charge in [0.15, 0.2) is 0 Å². The Morgan fingerprint density at radius 3 is 2.73 bits per heavy atom. The van der Waals surface area contributed by atoms with E-state index in [2.05, 4.69) is 10.3 Å². The fourth-order valence-corrected chi connectivity index (χ4v) is 2.16. The molecule has 0 spiro atoms. The molecule has 0 saturated carbocycles. The maximum absolute atomic E-state index is 12.4. The first-order valence-electron chi connectivity index (χ1n) is 6.72. The zero-order valence-corrected chi connectivity index (χ0v) is 11.9. The van der Waals surface area contributed by atoms with Crippen LogP contribution in [0.2, 0.25) is 0 Å². The summed E-state index contributed by atoms with van der Waals surface area (Å²) < 4.78 is 1.58. The van der Waals surface area contributed by atoms with Crippen molar-refractivity contribution < 1.29 is 19.5 Å². The minimum absolute atomic E-state index is 0.258. The first kappa shape index (κ1) is 15.5. The van der Waals surface area contributed by atoms with Gasteiger partial charge >= 0.3 is 5.97 Å². The molecule has 8 nitrogen and oxygen atoms in total. The summed E-state index contributed by atoms with van der Waals surface area (Å²) in [6, 6.07) is 3.90. The van der Waals surface area contributed by atoms with E-state index in [1.54, 1.807) is 28.8 Å². The summed E-state index contributed by atoms with van der Waals surface area (Å²) in [5, 5.41) is 11.4. The van der Waals surface area contributed by atoms with E-state index in [9.17, 15) is 14.4 Å². The summed E-state index contributed by atoms with van der Waals surface area (Å²) in [4.78, 5) is 38.8. The molecule has 0 aliphatic rings. The molecule has 0 radical (unpaired) electrons. The van der Waals surface area contributed by atoms with Crippen molar-refractivity contribution in [2.45, 2.75) is 25.8 Å². The number of carboxylic acids is 1. The van der Waals surface area contributed by atoms with Crippen LogP contribution in [-0.4, -0.2) is 38.3 Å². The van der Waals surface area contributed by atoms with Gasteiger partial charge in [0.1, 0.15) is 17.4 Å². The SMILES string of the molecule is CCc1nc2ccccn2c1C(=O)NC(CC(N)=O)C(=O)O. The van der Waals surface area contributed by atoms with E-state index >= 15 is 0 Å². The van der Waals surface area contributed by atoms with E-state index in [1.165, 1.54) is 0 Å². The Hall–Kier alpha value is -2.90. The number of pyridine rings is 1. The van der Waals surface area contributed by atoms with Gasteiger partial charge in [-0.3, -0.25) is 14.0 Å². The van der Waals surface area contributed by atoms with Crippen LogP contribution in [0, 0.1) is 0 Å². The maximum atomic E-state index is 12.4. The summed E-state index contributed by atoms with van der Waals surface area (Å²) in [5.41, 5.74) is 6.40. The molecular weight excluding hydrogens is 288 g/mol. The van der Waals surface area contributed by atoms with Crippen LogP contribution in [-0.2, 0) is 16.0 Å². The van der Waals surface area contributed by atoms with Crippen LogP contribution in [0.25, 0.3) is 5.65 Å². The first-order valence-corrected chi connectivity index (χ1v) is 6.72. The molecule has 116 valence electrons. The van der Waals surface area contributed by atoms with Gasteiger partial charge in [0.25, 0.3) is 5.91 Å². The fraction of sp³-hybridized carbons (Fsp3) is 0.286. The molecule has 0 saturated heterocycles. The lowest BCUT2D eigenvalue weighted by molar-refractivity contribution is -0.140. The van der Waals surface area contributed by atoms with E-state index in [0.717, 1.165) is 0 Å². The predicted octanol–water partition coefficient (Wildman–Crippen LogP) is -0.0449. The molecule has 2 amide bonds. The van der Waals surface area contributed by atoms with Crippen molar-refractivity contribution in [1.29, 1.82) is 0 Å². The third-order valence-electron chi connectivity index (χ3n) is 3.16. The molecule has 2 aromatic heterocycles. The molecule has 22 heavy (non-hydrogen) atoms. The van der Waals surface area contributed by atoms with Gasteiger partial charge in [-0.15, -0.1) is 0 Å². The fourth-order valence-electron chi connectivity index (χ4n) is 2.16. The van der Waals surface area contributed by atoms with Gasteiger partial charge in [-0.2, -0.15) is 0 Å². The van der Waals surface area contributed by atoms with E-state index < -0.39 is 30.2 Å². The molecule has 2 aromatic rings. The average Bonchev–Trinajstić information content (AvgIpc) is 2.84. The Balaban J connectivity index is 2.36. The molecular formula is C14H16N4O4. The second-order valence-corrected chi connectivity index (χ2v) is 4.72. The summed E-state index contributed by atoms with van der Waals surface area (Å²) in [7, 11) is 0. The number of amides is 2. The molecule has 4 N–H and O–H groups in total. The number of carbonyl (C=O) groups excluding carboxylic acids is 2. The second kappa shape index (κ2) is 6.25. The molecule has 0 aromatic carbocycles. The smallest absolute Gasteiger partial charge is 0.326 e. The number of carbonyl (C=O) groups is 3. The lowest BCUT2D eigenvalue weighted by Gasteiger charge is -2.13. The Labute approximate surface area is 125 Å². The zero-order valence-electron chi connectivity index (χ0n) is 11.9. The number of rotatable bonds is 6. The highest BCUT2D eigenvalue weighted by Gasteiger charge is 2.26. The minimum Gasteiger partial charge on any atom is -0.480 e. The highest BCUT2D eigenvalue weighted by atomic mass is 16.4. The van der Waals surface area contributed by atoms with Crippen LogP contribution in [0.4, 0.5) is 0 Å². The average molecular weight is 304 g/mol. The predicted molar refractivity (Wildman–Crippen MR) is 77.3 cm³/mol. The largest absolute Gasteiger partial charge is 0.480 e. The van der Waals surface area contributed by atoms with Crippen LogP contribution in [0.5, 0.6) is 0 Å². The van der Waals surface area contributed by atoms with Crippen molar-refractivity contribution in [3.63, 3.8) is 0 Å². The van der Waals surface area contributed by atoms with E-state index in [1.807, 2.05) is 6.92 Å². The van der Waals surface area contributed by atoms with Crippen molar-refractivity contribution in [2.24, 2.45) is 5.73 Å². The maximum Gasteiger partial charge on any atom is 0.326 e. The van der Waals surface area contributed by atoms with Gasteiger partial charge in [-0.05, 0) is 18.6 Å². The monoisotopic (exact) mass is 304 g/mol. The molecule has 2 heterocycles. The Morgan fingerprint density at radius 1 is 1.41 bits per heavy atom. The quantitative estimate of drug-likeness (QED) is 0.690. The number of aryl methyl sites for hydroxylation is 1. The molecule has 1 atom stereocenters. The Bertz CT molecular complexity index is 738. The molecule has 0 aliphatic heterocycles. The van der Waals surface area contributed by atoms with Gasteiger partial charge in [0, 0.05) is 6.20 Å². The number of hydrogen-bond donors (Lipinski definition) is 3. The molecule has 2 rings (SSSR count). The number of aromatic nitrogens is 2. The summed E-state index contributed by atoms with van der Waals surface area (Å²) >= 11 is 0. The number of fused-ring (bicyclic) bond motifs is 1. The number of hydrogen-bond acceptors (Lipinski definition) is 4. The first-order chi connectivity index (χ1) is 10.4. The van der Waals surface area contributed by atoms with E-state index in [0.29, 0.717) is 17.8 Å². The standard InChI is InChI=1S/C14H16N4O4/c1-2-8-12(18-6-4-3-5-11(18)16-8)13(20)17-9(14(21)22)7-10(15)19/h3-6,9H,2,7H2,1H3,(H2,15,19)(H,17,20)(H,21,22). The number of carboxylic acid groups (broad SMARTS) is 1. The third kappa shape index (κ3) is 3.05. The van der Waals surface area contributed by atoms with Gasteiger partial charge in [0.2, 0.25) is 5.91 Å². The molecule has 0 aliphatic carbocycles. The van der Waals surface area contributed by atoms with Crippen LogP contribution < -0.4 is 11.1 Å². The number of nitrogens with one attached hydrogen (secondary N) is 1. The Kier molecular flexibility index (Phi) is 4.40. The lowest BCUT2D eigenvalue weighted by atomic mass is 10.2.